The van der Waals surface area contributed by atoms with Crippen molar-refractivity contribution in [1.29, 1.82) is 0 Å². The summed E-state index contributed by atoms with van der Waals surface area (Å²) in [7, 11) is 0. The third kappa shape index (κ3) is 2.09. The summed E-state index contributed by atoms with van der Waals surface area (Å²) in [5.74, 6) is -0.939. The minimum absolute atomic E-state index is 0.345. The van der Waals surface area contributed by atoms with Crippen molar-refractivity contribution in [2.24, 2.45) is 5.73 Å². The fourth-order valence-electron chi connectivity index (χ4n) is 1.94. The number of hydrogen-bond acceptors (Lipinski definition) is 1. The van der Waals surface area contributed by atoms with Crippen molar-refractivity contribution in [1.82, 2.24) is 0 Å². The van der Waals surface area contributed by atoms with Crippen LogP contribution < -0.4 is 5.73 Å². The van der Waals surface area contributed by atoms with E-state index in [1.807, 2.05) is 0 Å². The maximum absolute atomic E-state index is 13.8. The zero-order valence-electron chi connectivity index (χ0n) is 9.71. The number of primary amides is 1. The molecule has 2 aromatic carbocycles. The number of hydrogen-bond donors (Lipinski definition) is 1. The van der Waals surface area contributed by atoms with E-state index in [1.165, 1.54) is 6.07 Å². The molecule has 0 atom stereocenters. The third-order valence-electron chi connectivity index (χ3n) is 2.82. The maximum atomic E-state index is 13.8. The normalized spacial score (nSPS) is 10.4. The second-order valence-electron chi connectivity index (χ2n) is 3.94. The van der Waals surface area contributed by atoms with Crippen molar-refractivity contribution in [3.63, 3.8) is 0 Å². The lowest BCUT2D eigenvalue weighted by atomic mass is 9.95. The lowest BCUT2D eigenvalue weighted by Gasteiger charge is -2.12. The molecule has 2 rings (SSSR count). The molecule has 0 saturated heterocycles. The zero-order valence-corrected chi connectivity index (χ0v) is 10.5. The van der Waals surface area contributed by atoms with Gasteiger partial charge in [0.1, 0.15) is 5.82 Å². The van der Waals surface area contributed by atoms with Crippen LogP contribution in [0.15, 0.2) is 36.4 Å². The smallest absolute Gasteiger partial charge is 0.248 e. The molecule has 18 heavy (non-hydrogen) atoms. The molecule has 0 bridgehead atoms. The summed E-state index contributed by atoms with van der Waals surface area (Å²) in [6, 6.07) is 9.38. The quantitative estimate of drug-likeness (QED) is 0.885. The minimum atomic E-state index is -0.554. The number of benzene rings is 2. The van der Waals surface area contributed by atoms with Gasteiger partial charge in [-0.05, 0) is 30.7 Å². The Bertz CT molecular complexity index is 625. The Morgan fingerprint density at radius 2 is 1.89 bits per heavy atom. The van der Waals surface area contributed by atoms with Gasteiger partial charge in [0.25, 0.3) is 0 Å². The predicted octanol–water partition coefficient (Wildman–Crippen LogP) is 3.55. The highest BCUT2D eigenvalue weighted by Crippen LogP contribution is 2.34. The molecule has 0 heterocycles. The molecule has 2 aromatic rings. The first-order valence-corrected chi connectivity index (χ1v) is 5.74. The first-order valence-electron chi connectivity index (χ1n) is 5.36. The van der Waals surface area contributed by atoms with Crippen LogP contribution in [0.4, 0.5) is 4.39 Å². The molecule has 0 unspecified atom stereocenters. The third-order valence-corrected chi connectivity index (χ3v) is 3.14. The average molecular weight is 264 g/mol. The predicted molar refractivity (Wildman–Crippen MR) is 70.1 cm³/mol. The number of nitrogens with two attached hydrogens (primary N) is 1. The molecular weight excluding hydrogens is 253 g/mol. The van der Waals surface area contributed by atoms with Crippen LogP contribution in [-0.4, -0.2) is 5.91 Å². The van der Waals surface area contributed by atoms with Gasteiger partial charge < -0.3 is 5.73 Å². The van der Waals surface area contributed by atoms with Crippen LogP contribution in [0, 0.1) is 12.7 Å². The van der Waals surface area contributed by atoms with Gasteiger partial charge in [-0.2, -0.15) is 0 Å². The summed E-state index contributed by atoms with van der Waals surface area (Å²) in [4.78, 5) is 11.3. The standard InChI is InChI=1S/C14H11ClFNO/c1-8-9(14(17)18)6-7-11(15)13(8)10-4-2-3-5-12(10)16/h2-7H,1H3,(H2,17,18). The maximum Gasteiger partial charge on any atom is 0.248 e. The van der Waals surface area contributed by atoms with E-state index < -0.39 is 5.91 Å². The average Bonchev–Trinajstić information content (AvgIpc) is 2.31. The van der Waals surface area contributed by atoms with Gasteiger partial charge in [-0.15, -0.1) is 0 Å². The summed E-state index contributed by atoms with van der Waals surface area (Å²) in [5, 5.41) is 0.391. The molecule has 0 spiro atoms. The van der Waals surface area contributed by atoms with Gasteiger partial charge in [-0.25, -0.2) is 4.39 Å². The van der Waals surface area contributed by atoms with E-state index in [9.17, 15) is 9.18 Å². The number of carbonyl (C=O) groups excluding carboxylic acids is 1. The van der Waals surface area contributed by atoms with E-state index in [2.05, 4.69) is 0 Å². The summed E-state index contributed by atoms with van der Waals surface area (Å²) in [6.45, 7) is 1.70. The van der Waals surface area contributed by atoms with Gasteiger partial charge in [0.05, 0.1) is 0 Å². The molecular formula is C14H11ClFNO. The summed E-state index contributed by atoms with van der Waals surface area (Å²) >= 11 is 6.09. The first-order chi connectivity index (χ1) is 8.52. The van der Waals surface area contributed by atoms with Crippen molar-refractivity contribution in [2.45, 2.75) is 6.92 Å². The van der Waals surface area contributed by atoms with Crippen molar-refractivity contribution in [3.8, 4) is 11.1 Å². The van der Waals surface area contributed by atoms with Crippen LogP contribution >= 0.6 is 11.6 Å². The molecule has 0 saturated carbocycles. The highest BCUT2D eigenvalue weighted by Gasteiger charge is 2.16. The second kappa shape index (κ2) is 4.78. The Labute approximate surface area is 109 Å². The number of carbonyl (C=O) groups is 1. The van der Waals surface area contributed by atoms with Gasteiger partial charge in [0, 0.05) is 21.7 Å². The molecule has 1 amide bonds. The Morgan fingerprint density at radius 1 is 1.22 bits per heavy atom. The molecule has 0 aliphatic carbocycles. The van der Waals surface area contributed by atoms with Gasteiger partial charge in [-0.1, -0.05) is 29.8 Å². The minimum Gasteiger partial charge on any atom is -0.366 e. The molecule has 4 heteroatoms. The van der Waals surface area contributed by atoms with Crippen LogP contribution in [0.1, 0.15) is 15.9 Å². The number of amides is 1. The van der Waals surface area contributed by atoms with E-state index in [0.717, 1.165) is 0 Å². The van der Waals surface area contributed by atoms with E-state index in [0.29, 0.717) is 27.3 Å². The van der Waals surface area contributed by atoms with E-state index >= 15 is 0 Å². The van der Waals surface area contributed by atoms with Crippen molar-refractivity contribution in [3.05, 3.63) is 58.4 Å². The van der Waals surface area contributed by atoms with Crippen LogP contribution in [0.5, 0.6) is 0 Å². The Morgan fingerprint density at radius 3 is 2.50 bits per heavy atom. The van der Waals surface area contributed by atoms with Gasteiger partial charge in [0.15, 0.2) is 0 Å². The lowest BCUT2D eigenvalue weighted by molar-refractivity contribution is 0.1000. The fourth-order valence-corrected chi connectivity index (χ4v) is 2.25. The molecule has 0 aromatic heterocycles. The van der Waals surface area contributed by atoms with Crippen LogP contribution in [0.2, 0.25) is 5.02 Å². The lowest BCUT2D eigenvalue weighted by Crippen LogP contribution is -2.13. The second-order valence-corrected chi connectivity index (χ2v) is 4.35. The van der Waals surface area contributed by atoms with Crippen molar-refractivity contribution in [2.75, 3.05) is 0 Å². The van der Waals surface area contributed by atoms with Gasteiger partial charge in [0.2, 0.25) is 5.91 Å². The molecule has 0 aliphatic heterocycles. The molecule has 0 radical (unpaired) electrons. The topological polar surface area (TPSA) is 43.1 Å². The molecule has 92 valence electrons. The number of rotatable bonds is 2. The van der Waals surface area contributed by atoms with Crippen LogP contribution in [0.25, 0.3) is 11.1 Å². The zero-order chi connectivity index (χ0) is 13.3. The molecule has 2 nitrogen and oxygen atoms in total. The van der Waals surface area contributed by atoms with Crippen LogP contribution in [0.3, 0.4) is 0 Å². The van der Waals surface area contributed by atoms with Gasteiger partial charge >= 0.3 is 0 Å². The summed E-state index contributed by atoms with van der Waals surface area (Å²) in [6.07, 6.45) is 0. The molecule has 0 fully saturated rings. The van der Waals surface area contributed by atoms with E-state index in [-0.39, 0.29) is 5.82 Å². The summed E-state index contributed by atoms with van der Waals surface area (Å²) in [5.41, 5.74) is 7.07. The Kier molecular flexibility index (Phi) is 3.34. The molecule has 2 N–H and O–H groups in total. The van der Waals surface area contributed by atoms with Crippen molar-refractivity contribution >= 4 is 17.5 Å². The Hall–Kier alpha value is -1.87. The Balaban J connectivity index is 2.75. The largest absolute Gasteiger partial charge is 0.366 e. The number of halogens is 2. The van der Waals surface area contributed by atoms with Crippen molar-refractivity contribution < 1.29 is 9.18 Å². The SMILES string of the molecule is Cc1c(C(N)=O)ccc(Cl)c1-c1ccccc1F. The van der Waals surface area contributed by atoms with E-state index in [4.69, 9.17) is 17.3 Å². The van der Waals surface area contributed by atoms with Gasteiger partial charge in [-0.3, -0.25) is 4.79 Å². The monoisotopic (exact) mass is 263 g/mol. The highest BCUT2D eigenvalue weighted by molar-refractivity contribution is 6.33. The van der Waals surface area contributed by atoms with E-state index in [1.54, 1.807) is 37.3 Å². The first kappa shape index (κ1) is 12.6. The molecule has 0 aliphatic rings. The highest BCUT2D eigenvalue weighted by atomic mass is 35.5. The fraction of sp³-hybridized carbons (Fsp3) is 0.0714. The van der Waals surface area contributed by atoms with Crippen LogP contribution in [-0.2, 0) is 0 Å². The summed E-state index contributed by atoms with van der Waals surface area (Å²) < 4.78 is 13.8.